The maximum absolute atomic E-state index is 14.1. The van der Waals surface area contributed by atoms with Gasteiger partial charge in [0.15, 0.2) is 11.5 Å². The zero-order chi connectivity index (χ0) is 26.5. The largest absolute Gasteiger partial charge is 0.486 e. The number of carbonyl (C=O) groups excluding carboxylic acids is 2. The molecule has 0 saturated heterocycles. The molecule has 7 heteroatoms. The first-order valence-corrected chi connectivity index (χ1v) is 12.8. The Labute approximate surface area is 222 Å². The van der Waals surface area contributed by atoms with E-state index in [1.807, 2.05) is 54.6 Å². The number of rotatable bonds is 3. The molecule has 3 aromatic carbocycles. The number of amides is 2. The van der Waals surface area contributed by atoms with Gasteiger partial charge in [-0.15, -0.1) is 0 Å². The Morgan fingerprint density at radius 1 is 0.973 bits per heavy atom. The van der Waals surface area contributed by atoms with Gasteiger partial charge in [-0.25, -0.2) is 0 Å². The highest BCUT2D eigenvalue weighted by atomic mass is 35.5. The number of anilines is 1. The van der Waals surface area contributed by atoms with Crippen LogP contribution >= 0.6 is 11.6 Å². The average molecular weight is 519 g/mol. The van der Waals surface area contributed by atoms with Crippen LogP contribution in [0, 0.1) is 0 Å². The SMILES string of the molecule is CN(C)C(=O)[C@H]1c2ccccc2C(=O)N(c2ccc(C(C)(C)C)c(Cl)c2)[C@@H]1c1ccc2c(c1)OCCO2. The van der Waals surface area contributed by atoms with E-state index in [1.165, 1.54) is 0 Å². The van der Waals surface area contributed by atoms with Crippen LogP contribution in [-0.2, 0) is 10.2 Å². The minimum atomic E-state index is -0.632. The molecule has 192 valence electrons. The monoisotopic (exact) mass is 518 g/mol. The first-order chi connectivity index (χ1) is 17.6. The Morgan fingerprint density at radius 3 is 2.35 bits per heavy atom. The van der Waals surface area contributed by atoms with Gasteiger partial charge < -0.3 is 14.4 Å². The lowest BCUT2D eigenvalue weighted by molar-refractivity contribution is -0.130. The van der Waals surface area contributed by atoms with Crippen LogP contribution in [0.1, 0.15) is 59.8 Å². The normalized spacial score (nSPS) is 18.9. The fraction of sp³-hybridized carbons (Fsp3) is 0.333. The molecular weight excluding hydrogens is 488 g/mol. The van der Waals surface area contributed by atoms with Gasteiger partial charge in [-0.1, -0.05) is 62.7 Å². The van der Waals surface area contributed by atoms with Gasteiger partial charge in [0, 0.05) is 30.4 Å². The van der Waals surface area contributed by atoms with Gasteiger partial charge in [0.05, 0.1) is 12.0 Å². The van der Waals surface area contributed by atoms with Gasteiger partial charge in [0.2, 0.25) is 5.91 Å². The predicted molar refractivity (Wildman–Crippen MR) is 145 cm³/mol. The fourth-order valence-electron chi connectivity index (χ4n) is 5.21. The number of hydrogen-bond donors (Lipinski definition) is 0. The summed E-state index contributed by atoms with van der Waals surface area (Å²) in [5.41, 5.74) is 3.45. The summed E-state index contributed by atoms with van der Waals surface area (Å²) in [6, 6.07) is 18.1. The van der Waals surface area contributed by atoms with Crippen LogP contribution in [0.5, 0.6) is 11.5 Å². The van der Waals surface area contributed by atoms with E-state index in [2.05, 4.69) is 20.8 Å². The third-order valence-corrected chi connectivity index (χ3v) is 7.31. The summed E-state index contributed by atoms with van der Waals surface area (Å²) in [6.45, 7) is 7.21. The molecule has 2 aliphatic heterocycles. The molecule has 0 N–H and O–H groups in total. The lowest BCUT2D eigenvalue weighted by Gasteiger charge is -2.43. The highest BCUT2D eigenvalue weighted by Gasteiger charge is 2.45. The van der Waals surface area contributed by atoms with E-state index in [0.29, 0.717) is 46.5 Å². The molecular formula is C30H31ClN2O4. The highest BCUT2D eigenvalue weighted by Crippen LogP contribution is 2.48. The van der Waals surface area contributed by atoms with E-state index < -0.39 is 12.0 Å². The molecule has 5 rings (SSSR count). The molecule has 2 heterocycles. The second-order valence-electron chi connectivity index (χ2n) is 10.7. The minimum absolute atomic E-state index is 0.0951. The fourth-order valence-corrected chi connectivity index (χ4v) is 5.67. The summed E-state index contributed by atoms with van der Waals surface area (Å²) < 4.78 is 11.6. The zero-order valence-corrected chi connectivity index (χ0v) is 22.5. The van der Waals surface area contributed by atoms with Crippen molar-refractivity contribution in [1.82, 2.24) is 4.90 Å². The molecule has 2 aliphatic rings. The van der Waals surface area contributed by atoms with Gasteiger partial charge in [0.25, 0.3) is 5.91 Å². The topological polar surface area (TPSA) is 59.1 Å². The average Bonchev–Trinajstić information content (AvgIpc) is 2.87. The first-order valence-electron chi connectivity index (χ1n) is 12.4. The lowest BCUT2D eigenvalue weighted by atomic mass is 9.78. The van der Waals surface area contributed by atoms with Crippen molar-refractivity contribution in [2.24, 2.45) is 0 Å². The molecule has 6 nitrogen and oxygen atoms in total. The number of ether oxygens (including phenoxy) is 2. The summed E-state index contributed by atoms with van der Waals surface area (Å²) in [6.07, 6.45) is 0. The molecule has 0 aliphatic carbocycles. The van der Waals surface area contributed by atoms with Crippen molar-refractivity contribution >= 4 is 29.1 Å². The number of fused-ring (bicyclic) bond motifs is 2. The van der Waals surface area contributed by atoms with Crippen LogP contribution in [0.3, 0.4) is 0 Å². The van der Waals surface area contributed by atoms with E-state index in [4.69, 9.17) is 21.1 Å². The van der Waals surface area contributed by atoms with Crippen LogP contribution in [0.25, 0.3) is 0 Å². The summed E-state index contributed by atoms with van der Waals surface area (Å²) in [4.78, 5) is 31.2. The molecule has 0 fully saturated rings. The molecule has 0 spiro atoms. The van der Waals surface area contributed by atoms with Crippen LogP contribution < -0.4 is 14.4 Å². The molecule has 2 amide bonds. The zero-order valence-electron chi connectivity index (χ0n) is 21.7. The van der Waals surface area contributed by atoms with Crippen molar-refractivity contribution in [1.29, 1.82) is 0 Å². The number of carbonyl (C=O) groups is 2. The Kier molecular flexibility index (Phi) is 6.40. The third-order valence-electron chi connectivity index (χ3n) is 6.99. The molecule has 2 atom stereocenters. The standard InChI is InChI=1S/C30H31ClN2O4/c1-30(2,3)22-12-11-19(17-23(22)31)33-27(18-10-13-24-25(16-18)37-15-14-36-24)26(29(35)32(4)5)20-8-6-7-9-21(20)28(33)34/h6-13,16-17,26-27H,14-15H2,1-5H3/t26-,27+/m0/s1. The number of likely N-dealkylation sites (N-methyl/N-ethyl adjacent to an activating group) is 1. The summed E-state index contributed by atoms with van der Waals surface area (Å²) >= 11 is 6.77. The molecule has 0 radical (unpaired) electrons. The minimum Gasteiger partial charge on any atom is -0.486 e. The highest BCUT2D eigenvalue weighted by molar-refractivity contribution is 6.32. The van der Waals surface area contributed by atoms with Crippen molar-refractivity contribution in [3.05, 3.63) is 87.9 Å². The summed E-state index contributed by atoms with van der Waals surface area (Å²) in [7, 11) is 3.48. The van der Waals surface area contributed by atoms with Gasteiger partial charge in [-0.3, -0.25) is 14.5 Å². The van der Waals surface area contributed by atoms with Crippen molar-refractivity contribution in [2.45, 2.75) is 38.1 Å². The third kappa shape index (κ3) is 4.44. The van der Waals surface area contributed by atoms with Crippen molar-refractivity contribution in [3.63, 3.8) is 0 Å². The van der Waals surface area contributed by atoms with Crippen molar-refractivity contribution < 1.29 is 19.1 Å². The van der Waals surface area contributed by atoms with E-state index in [0.717, 1.165) is 11.1 Å². The number of hydrogen-bond acceptors (Lipinski definition) is 4. The molecule has 0 saturated carbocycles. The molecule has 0 bridgehead atoms. The number of nitrogens with zero attached hydrogens (tertiary/aromatic N) is 2. The number of halogens is 1. The molecule has 0 unspecified atom stereocenters. The number of benzene rings is 3. The van der Waals surface area contributed by atoms with E-state index in [9.17, 15) is 9.59 Å². The van der Waals surface area contributed by atoms with Crippen molar-refractivity contribution in [2.75, 3.05) is 32.2 Å². The van der Waals surface area contributed by atoms with Crippen molar-refractivity contribution in [3.8, 4) is 11.5 Å². The van der Waals surface area contributed by atoms with Crippen LogP contribution in [-0.4, -0.2) is 44.0 Å². The van der Waals surface area contributed by atoms with Gasteiger partial charge >= 0.3 is 0 Å². The summed E-state index contributed by atoms with van der Waals surface area (Å²) in [5, 5.41) is 0.577. The van der Waals surface area contributed by atoms with Gasteiger partial charge in [-0.05, 0) is 52.4 Å². The van der Waals surface area contributed by atoms with Gasteiger partial charge in [0.1, 0.15) is 13.2 Å². The molecule has 3 aromatic rings. The van der Waals surface area contributed by atoms with E-state index >= 15 is 0 Å². The Bertz CT molecular complexity index is 1380. The Hall–Kier alpha value is -3.51. The predicted octanol–water partition coefficient (Wildman–Crippen LogP) is 5.98. The first kappa shape index (κ1) is 25.2. The quantitative estimate of drug-likeness (QED) is 0.428. The Morgan fingerprint density at radius 2 is 1.68 bits per heavy atom. The second kappa shape index (κ2) is 9.42. The molecule has 0 aromatic heterocycles. The van der Waals surface area contributed by atoms with E-state index in [-0.39, 0.29) is 17.2 Å². The van der Waals surface area contributed by atoms with Crippen LogP contribution in [0.2, 0.25) is 5.02 Å². The van der Waals surface area contributed by atoms with Crippen LogP contribution in [0.4, 0.5) is 5.69 Å². The van der Waals surface area contributed by atoms with E-state index in [1.54, 1.807) is 30.0 Å². The van der Waals surface area contributed by atoms with Crippen LogP contribution in [0.15, 0.2) is 60.7 Å². The lowest BCUT2D eigenvalue weighted by Crippen LogP contribution is -2.47. The van der Waals surface area contributed by atoms with Gasteiger partial charge in [-0.2, -0.15) is 0 Å². The maximum atomic E-state index is 14.1. The Balaban J connectivity index is 1.75. The molecule has 37 heavy (non-hydrogen) atoms. The smallest absolute Gasteiger partial charge is 0.259 e. The second-order valence-corrected chi connectivity index (χ2v) is 11.1. The summed E-state index contributed by atoms with van der Waals surface area (Å²) in [5.74, 6) is 0.344. The maximum Gasteiger partial charge on any atom is 0.259 e.